The third-order valence-electron chi connectivity index (χ3n) is 1.55. The highest BCUT2D eigenvalue weighted by molar-refractivity contribution is 9.11. The van der Waals surface area contributed by atoms with Crippen LogP contribution in [-0.2, 0) is 4.79 Å². The summed E-state index contributed by atoms with van der Waals surface area (Å²) in [4.78, 5) is 10.9. The van der Waals surface area contributed by atoms with Gasteiger partial charge in [0, 0.05) is 15.9 Å². The van der Waals surface area contributed by atoms with Gasteiger partial charge in [0.1, 0.15) is 5.75 Å². The molecule has 17 heavy (non-hydrogen) atoms. The average molecular weight is 377 g/mol. The van der Waals surface area contributed by atoms with Crippen LogP contribution < -0.4 is 10.1 Å². The summed E-state index contributed by atoms with van der Waals surface area (Å²) in [5, 5.41) is 2.46. The molecule has 0 unspecified atom stereocenters. The smallest absolute Gasteiger partial charge is 0.406 e. The maximum atomic E-state index is 12.0. The molecule has 0 aliphatic carbocycles. The van der Waals surface area contributed by atoms with E-state index in [2.05, 4.69) is 41.9 Å². The van der Waals surface area contributed by atoms with Gasteiger partial charge in [0.15, 0.2) is 0 Å². The fraction of sp³-hybridized carbons (Fsp3) is 0.222. The van der Waals surface area contributed by atoms with Gasteiger partial charge in [-0.25, -0.2) is 0 Å². The summed E-state index contributed by atoms with van der Waals surface area (Å²) in [5.74, 6) is -0.721. The molecule has 0 radical (unpaired) electrons. The van der Waals surface area contributed by atoms with E-state index in [0.717, 1.165) is 12.1 Å². The van der Waals surface area contributed by atoms with Crippen molar-refractivity contribution in [3.05, 3.63) is 21.1 Å². The molecule has 1 aromatic rings. The van der Waals surface area contributed by atoms with Gasteiger partial charge in [0.05, 0.1) is 5.69 Å². The van der Waals surface area contributed by atoms with Gasteiger partial charge in [-0.3, -0.25) is 4.79 Å². The molecule has 0 aromatic heterocycles. The second-order valence-electron chi connectivity index (χ2n) is 2.99. The van der Waals surface area contributed by atoms with E-state index in [1.807, 2.05) is 0 Å². The third-order valence-corrected chi connectivity index (χ3v) is 2.80. The molecule has 0 atom stereocenters. The zero-order chi connectivity index (χ0) is 13.2. The second kappa shape index (κ2) is 5.26. The van der Waals surface area contributed by atoms with E-state index in [-0.39, 0.29) is 20.6 Å². The lowest BCUT2D eigenvalue weighted by atomic mass is 10.3. The molecule has 0 spiro atoms. The Kier molecular flexibility index (Phi) is 4.42. The van der Waals surface area contributed by atoms with Crippen LogP contribution in [0.3, 0.4) is 0 Å². The van der Waals surface area contributed by atoms with E-state index in [4.69, 9.17) is 0 Å². The van der Waals surface area contributed by atoms with Crippen molar-refractivity contribution in [1.82, 2.24) is 0 Å². The molecule has 1 amide bonds. The van der Waals surface area contributed by atoms with Crippen molar-refractivity contribution in [2.24, 2.45) is 0 Å². The quantitative estimate of drug-likeness (QED) is 0.844. The first-order chi connectivity index (χ1) is 7.69. The Bertz CT molecular complexity index is 425. The van der Waals surface area contributed by atoms with E-state index in [1.165, 1.54) is 6.92 Å². The molecule has 0 aliphatic heterocycles. The van der Waals surface area contributed by atoms with Gasteiger partial charge in [-0.05, 0) is 44.0 Å². The van der Waals surface area contributed by atoms with Crippen LogP contribution in [-0.4, -0.2) is 12.3 Å². The predicted octanol–water partition coefficient (Wildman–Crippen LogP) is 4.07. The summed E-state index contributed by atoms with van der Waals surface area (Å²) in [5.41, 5.74) is 0.340. The maximum absolute atomic E-state index is 12.0. The normalized spacial score (nSPS) is 11.2. The Morgan fingerprint density at radius 3 is 2.12 bits per heavy atom. The number of amides is 1. The fourth-order valence-electron chi connectivity index (χ4n) is 1.04. The van der Waals surface area contributed by atoms with Crippen molar-refractivity contribution in [2.75, 3.05) is 5.32 Å². The number of hydrogen-bond acceptors (Lipinski definition) is 2. The van der Waals surface area contributed by atoms with Gasteiger partial charge in [0.2, 0.25) is 5.91 Å². The van der Waals surface area contributed by atoms with Crippen molar-refractivity contribution < 1.29 is 22.7 Å². The molecule has 0 bridgehead atoms. The summed E-state index contributed by atoms with van der Waals surface area (Å²) >= 11 is 6.08. The van der Waals surface area contributed by atoms with Gasteiger partial charge in [0.25, 0.3) is 0 Å². The zero-order valence-electron chi connectivity index (χ0n) is 8.36. The number of benzene rings is 1. The van der Waals surface area contributed by atoms with Crippen molar-refractivity contribution in [3.63, 3.8) is 0 Å². The number of hydrogen-bond donors (Lipinski definition) is 1. The molecule has 1 rings (SSSR count). The predicted molar refractivity (Wildman–Crippen MR) is 62.8 cm³/mol. The summed E-state index contributed by atoms with van der Waals surface area (Å²) in [6.45, 7) is 1.29. The molecular formula is C9H6Br2F3NO2. The number of carbonyl (C=O) groups excluding carboxylic acids is 1. The molecule has 0 saturated carbocycles. The van der Waals surface area contributed by atoms with Crippen LogP contribution in [0.4, 0.5) is 18.9 Å². The maximum Gasteiger partial charge on any atom is 0.573 e. The first kappa shape index (κ1) is 14.3. The number of nitrogens with one attached hydrogen (secondary N) is 1. The van der Waals surface area contributed by atoms with Gasteiger partial charge >= 0.3 is 6.36 Å². The Labute approximate surface area is 112 Å². The molecule has 8 heteroatoms. The monoisotopic (exact) mass is 375 g/mol. The lowest BCUT2D eigenvalue weighted by Gasteiger charge is -2.13. The summed E-state index contributed by atoms with van der Waals surface area (Å²) < 4.78 is 40.3. The zero-order valence-corrected chi connectivity index (χ0v) is 11.5. The van der Waals surface area contributed by atoms with Crippen LogP contribution >= 0.6 is 31.9 Å². The first-order valence-electron chi connectivity index (χ1n) is 4.21. The third kappa shape index (κ3) is 4.55. The Morgan fingerprint density at radius 2 is 1.76 bits per heavy atom. The van der Waals surface area contributed by atoms with Crippen LogP contribution in [0.1, 0.15) is 6.92 Å². The van der Waals surface area contributed by atoms with E-state index in [1.54, 1.807) is 0 Å². The second-order valence-corrected chi connectivity index (χ2v) is 4.70. The largest absolute Gasteiger partial charge is 0.573 e. The van der Waals surface area contributed by atoms with Gasteiger partial charge in [-0.15, -0.1) is 13.2 Å². The van der Waals surface area contributed by atoms with E-state index >= 15 is 0 Å². The lowest BCUT2D eigenvalue weighted by Crippen LogP contribution is -2.17. The first-order valence-corrected chi connectivity index (χ1v) is 5.80. The van der Waals surface area contributed by atoms with Crippen LogP contribution in [0.5, 0.6) is 5.75 Å². The molecule has 0 fully saturated rings. The van der Waals surface area contributed by atoms with Crippen molar-refractivity contribution in [3.8, 4) is 5.75 Å². The molecule has 94 valence electrons. The van der Waals surface area contributed by atoms with Gasteiger partial charge in [-0.2, -0.15) is 0 Å². The van der Waals surface area contributed by atoms with Crippen LogP contribution in [0.25, 0.3) is 0 Å². The molecule has 1 N–H and O–H groups in total. The molecule has 0 aliphatic rings. The van der Waals surface area contributed by atoms with Crippen LogP contribution in [0.15, 0.2) is 21.1 Å². The van der Waals surface area contributed by atoms with Crippen LogP contribution in [0.2, 0.25) is 0 Å². The Balaban J connectivity index is 3.05. The highest BCUT2D eigenvalue weighted by Gasteiger charge is 2.31. The van der Waals surface area contributed by atoms with Crippen molar-refractivity contribution >= 4 is 43.5 Å². The number of anilines is 1. The molecule has 1 aromatic carbocycles. The molecule has 0 saturated heterocycles. The summed E-state index contributed by atoms with van der Waals surface area (Å²) in [7, 11) is 0. The molecule has 0 heterocycles. The summed E-state index contributed by atoms with van der Waals surface area (Å²) in [6, 6.07) is 2.23. The van der Waals surface area contributed by atoms with E-state index in [0.29, 0.717) is 5.69 Å². The Hall–Kier alpha value is -0.760. The van der Waals surface area contributed by atoms with Gasteiger partial charge < -0.3 is 10.1 Å². The minimum Gasteiger partial charge on any atom is -0.406 e. The number of halogens is 5. The molecule has 3 nitrogen and oxygen atoms in total. The van der Waals surface area contributed by atoms with Crippen molar-refractivity contribution in [2.45, 2.75) is 13.3 Å². The Morgan fingerprint density at radius 1 is 1.29 bits per heavy atom. The highest BCUT2D eigenvalue weighted by atomic mass is 79.9. The van der Waals surface area contributed by atoms with E-state index in [9.17, 15) is 18.0 Å². The van der Waals surface area contributed by atoms with Crippen molar-refractivity contribution in [1.29, 1.82) is 0 Å². The standard InChI is InChI=1S/C9H6Br2F3NO2/c1-4(16)15-8-6(10)2-5(3-7(8)11)17-9(12,13)14/h2-3H,1H3,(H,15,16). The minimum absolute atomic E-state index is 0.279. The minimum atomic E-state index is -4.76. The molecular weight excluding hydrogens is 371 g/mol. The number of rotatable bonds is 2. The SMILES string of the molecule is CC(=O)Nc1c(Br)cc(OC(F)(F)F)cc1Br. The summed E-state index contributed by atoms with van der Waals surface area (Å²) in [6.07, 6.45) is -4.76. The number of alkyl halides is 3. The van der Waals surface area contributed by atoms with Crippen LogP contribution in [0, 0.1) is 0 Å². The number of carbonyl (C=O) groups is 1. The highest BCUT2D eigenvalue weighted by Crippen LogP contribution is 2.37. The average Bonchev–Trinajstić information content (AvgIpc) is 2.08. The van der Waals surface area contributed by atoms with E-state index < -0.39 is 6.36 Å². The lowest BCUT2D eigenvalue weighted by molar-refractivity contribution is -0.274. The topological polar surface area (TPSA) is 38.3 Å². The fourth-order valence-corrected chi connectivity index (χ4v) is 2.38. The van der Waals surface area contributed by atoms with Gasteiger partial charge in [-0.1, -0.05) is 0 Å². The number of ether oxygens (including phenoxy) is 1.